The Morgan fingerprint density at radius 3 is 2.94 bits per heavy atom. The Kier molecular flexibility index (Phi) is 5.44. The highest BCUT2D eigenvalue weighted by atomic mass is 19.1. The van der Waals surface area contributed by atoms with Crippen LogP contribution in [-0.2, 0) is 18.3 Å². The van der Waals surface area contributed by atoms with Gasteiger partial charge >= 0.3 is 0 Å². The molecule has 3 aromatic rings. The number of anilines is 3. The molecular formula is C19H24FN9O2. The maximum atomic E-state index is 14.6. The summed E-state index contributed by atoms with van der Waals surface area (Å²) in [6.45, 7) is 5.70. The Bertz CT molecular complexity index is 1130. The van der Waals surface area contributed by atoms with Crippen LogP contribution in [-0.4, -0.2) is 67.7 Å². The largest absolute Gasteiger partial charge is 0.478 e. The molecule has 12 heteroatoms. The van der Waals surface area contributed by atoms with Crippen molar-refractivity contribution in [3.05, 3.63) is 30.7 Å². The monoisotopic (exact) mass is 429 g/mol. The topological polar surface area (TPSA) is 115 Å². The maximum Gasteiger partial charge on any atom is 0.256 e. The van der Waals surface area contributed by atoms with Gasteiger partial charge in [0.05, 0.1) is 37.8 Å². The highest BCUT2D eigenvalue weighted by Gasteiger charge is 2.35. The van der Waals surface area contributed by atoms with Gasteiger partial charge in [0, 0.05) is 13.6 Å². The van der Waals surface area contributed by atoms with Crippen LogP contribution >= 0.6 is 0 Å². The van der Waals surface area contributed by atoms with Crippen molar-refractivity contribution in [2.75, 3.05) is 30.4 Å². The number of hydrogen-bond donors (Lipinski definition) is 2. The van der Waals surface area contributed by atoms with Gasteiger partial charge in [0.15, 0.2) is 11.5 Å². The van der Waals surface area contributed by atoms with Crippen LogP contribution in [0.5, 0.6) is 5.88 Å². The van der Waals surface area contributed by atoms with Crippen molar-refractivity contribution >= 4 is 29.0 Å². The lowest BCUT2D eigenvalue weighted by atomic mass is 10.2. The van der Waals surface area contributed by atoms with E-state index in [4.69, 9.17) is 4.74 Å². The van der Waals surface area contributed by atoms with Gasteiger partial charge in [-0.2, -0.15) is 4.98 Å². The number of carbonyl (C=O) groups excluding carboxylic acids is 1. The quantitative estimate of drug-likeness (QED) is 0.535. The smallest absolute Gasteiger partial charge is 0.256 e. The number of methoxy groups -OCH3 is 1. The molecule has 3 aromatic heterocycles. The summed E-state index contributed by atoms with van der Waals surface area (Å²) in [5.74, 6) is 0.744. The van der Waals surface area contributed by atoms with Crippen molar-refractivity contribution in [3.8, 4) is 5.88 Å². The second kappa shape index (κ2) is 8.20. The first kappa shape index (κ1) is 20.6. The number of amides is 1. The summed E-state index contributed by atoms with van der Waals surface area (Å²) < 4.78 is 23.2. The van der Waals surface area contributed by atoms with E-state index in [9.17, 15) is 9.18 Å². The minimum atomic E-state index is -1.26. The van der Waals surface area contributed by atoms with Crippen LogP contribution in [0.1, 0.15) is 12.6 Å². The summed E-state index contributed by atoms with van der Waals surface area (Å²) in [7, 11) is 3.31. The maximum absolute atomic E-state index is 14.6. The Balaban J connectivity index is 1.71. The third kappa shape index (κ3) is 3.88. The number of rotatable bonds is 7. The number of imidazole rings is 1. The van der Waals surface area contributed by atoms with E-state index in [1.165, 1.54) is 7.11 Å². The van der Waals surface area contributed by atoms with Gasteiger partial charge in [-0.3, -0.25) is 9.48 Å². The summed E-state index contributed by atoms with van der Waals surface area (Å²) >= 11 is 0. The molecule has 164 valence electrons. The van der Waals surface area contributed by atoms with E-state index in [1.807, 2.05) is 6.92 Å². The Morgan fingerprint density at radius 2 is 2.23 bits per heavy atom. The van der Waals surface area contributed by atoms with Gasteiger partial charge in [-0.05, 0) is 12.5 Å². The predicted octanol–water partition coefficient (Wildman–Crippen LogP) is 1.00. The van der Waals surface area contributed by atoms with Crippen LogP contribution in [0.2, 0.25) is 0 Å². The van der Waals surface area contributed by atoms with Gasteiger partial charge in [-0.25, -0.2) is 13.9 Å². The lowest BCUT2D eigenvalue weighted by Crippen LogP contribution is -2.40. The number of ether oxygens (including phenoxy) is 1. The second-order valence-electron chi connectivity index (χ2n) is 7.19. The number of fused-ring (bicyclic) bond motifs is 1. The van der Waals surface area contributed by atoms with E-state index >= 15 is 0 Å². The molecule has 1 amide bonds. The molecular weight excluding hydrogens is 405 g/mol. The molecule has 0 bridgehead atoms. The van der Waals surface area contributed by atoms with Crippen molar-refractivity contribution < 1.29 is 13.9 Å². The zero-order chi connectivity index (χ0) is 22.1. The molecule has 11 nitrogen and oxygen atoms in total. The molecule has 1 aliphatic heterocycles. The summed E-state index contributed by atoms with van der Waals surface area (Å²) in [4.78, 5) is 22.4. The summed E-state index contributed by atoms with van der Waals surface area (Å²) in [6, 6.07) is -0.673. The van der Waals surface area contributed by atoms with E-state index in [-0.39, 0.29) is 13.1 Å². The van der Waals surface area contributed by atoms with Gasteiger partial charge in [-0.15, -0.1) is 10.2 Å². The van der Waals surface area contributed by atoms with E-state index in [0.717, 1.165) is 11.8 Å². The fraction of sp³-hybridized carbons (Fsp3) is 0.421. The number of halogens is 1. The third-order valence-electron chi connectivity index (χ3n) is 5.07. The third-order valence-corrected chi connectivity index (χ3v) is 5.07. The lowest BCUT2D eigenvalue weighted by molar-refractivity contribution is -0.117. The summed E-state index contributed by atoms with van der Waals surface area (Å²) in [5.41, 5.74) is 2.02. The number of aryl methyl sites for hydroxylation is 2. The molecule has 2 N–H and O–H groups in total. The number of alkyl halides is 1. The molecule has 2 unspecified atom stereocenters. The van der Waals surface area contributed by atoms with Crippen LogP contribution in [0.15, 0.2) is 25.0 Å². The molecule has 0 aliphatic carbocycles. The van der Waals surface area contributed by atoms with Gasteiger partial charge in [-0.1, -0.05) is 13.5 Å². The van der Waals surface area contributed by atoms with Crippen molar-refractivity contribution in [2.45, 2.75) is 25.6 Å². The standard InChI is InChI=1S/C19H24FN9O2/c1-5-11-7-21-17-16(23-14-9-27(3)25-18(14)31-4)24-19(26-29(11)17)28-8-12(20)13(10-28)22-15(30)6-2/h6-7,9,12-13H,2,5,8,10H2,1,3-4H3,(H,22,30)(H,23,24,26). The molecule has 2 atom stereocenters. The number of carbonyl (C=O) groups is 1. The predicted molar refractivity (Wildman–Crippen MR) is 112 cm³/mol. The molecule has 0 spiro atoms. The fourth-order valence-corrected chi connectivity index (χ4v) is 3.51. The van der Waals surface area contributed by atoms with Crippen LogP contribution in [0.25, 0.3) is 5.65 Å². The van der Waals surface area contributed by atoms with Gasteiger partial charge < -0.3 is 20.3 Å². The van der Waals surface area contributed by atoms with Gasteiger partial charge in [0.1, 0.15) is 11.9 Å². The molecule has 1 fully saturated rings. The molecule has 0 radical (unpaired) electrons. The average molecular weight is 429 g/mol. The minimum absolute atomic E-state index is 0.0550. The number of aromatic nitrogens is 6. The Hall–Kier alpha value is -3.70. The molecule has 1 aliphatic rings. The average Bonchev–Trinajstić information content (AvgIpc) is 3.44. The van der Waals surface area contributed by atoms with E-state index in [1.54, 1.807) is 33.5 Å². The highest BCUT2D eigenvalue weighted by Crippen LogP contribution is 2.29. The molecule has 0 aromatic carbocycles. The number of nitrogens with zero attached hydrogens (tertiary/aromatic N) is 7. The lowest BCUT2D eigenvalue weighted by Gasteiger charge is -2.18. The minimum Gasteiger partial charge on any atom is -0.478 e. The molecule has 4 rings (SSSR count). The van der Waals surface area contributed by atoms with Gasteiger partial charge in [0.2, 0.25) is 11.9 Å². The van der Waals surface area contributed by atoms with Crippen molar-refractivity contribution in [2.24, 2.45) is 7.05 Å². The Morgan fingerprint density at radius 1 is 1.42 bits per heavy atom. The van der Waals surface area contributed by atoms with Crippen molar-refractivity contribution in [1.82, 2.24) is 34.7 Å². The van der Waals surface area contributed by atoms with E-state index in [0.29, 0.717) is 35.4 Å². The molecule has 4 heterocycles. The van der Waals surface area contributed by atoms with Crippen LogP contribution in [0, 0.1) is 0 Å². The number of nitrogens with one attached hydrogen (secondary N) is 2. The summed E-state index contributed by atoms with van der Waals surface area (Å²) in [5, 5.41) is 14.6. The SMILES string of the molecule is C=CC(=O)NC1CN(c2nc(Nc3cn(C)nc3OC)c3ncc(CC)n3n2)CC1F. The van der Waals surface area contributed by atoms with Crippen LogP contribution in [0.3, 0.4) is 0 Å². The highest BCUT2D eigenvalue weighted by molar-refractivity contribution is 5.87. The van der Waals surface area contributed by atoms with Crippen molar-refractivity contribution in [1.29, 1.82) is 0 Å². The molecule has 0 saturated carbocycles. The zero-order valence-corrected chi connectivity index (χ0v) is 17.5. The van der Waals surface area contributed by atoms with E-state index in [2.05, 4.69) is 37.4 Å². The second-order valence-corrected chi connectivity index (χ2v) is 7.19. The van der Waals surface area contributed by atoms with Crippen LogP contribution in [0.4, 0.5) is 21.8 Å². The van der Waals surface area contributed by atoms with E-state index < -0.39 is 18.1 Å². The molecule has 1 saturated heterocycles. The first-order valence-electron chi connectivity index (χ1n) is 9.84. The Labute approximate surface area is 177 Å². The normalized spacial score (nSPS) is 18.4. The summed E-state index contributed by atoms with van der Waals surface area (Å²) in [6.07, 6.45) is 4.06. The zero-order valence-electron chi connectivity index (χ0n) is 17.5. The van der Waals surface area contributed by atoms with Gasteiger partial charge in [0.25, 0.3) is 5.88 Å². The van der Waals surface area contributed by atoms with Crippen molar-refractivity contribution in [3.63, 3.8) is 0 Å². The number of hydrogen-bond acceptors (Lipinski definition) is 8. The molecule has 31 heavy (non-hydrogen) atoms. The van der Waals surface area contributed by atoms with Crippen LogP contribution < -0.4 is 20.3 Å². The first-order valence-corrected chi connectivity index (χ1v) is 9.84. The first-order chi connectivity index (χ1) is 14.9. The fourth-order valence-electron chi connectivity index (χ4n) is 3.51.